The predicted octanol–water partition coefficient (Wildman–Crippen LogP) is 2.48. The number of carbonyl (C=O) groups excluding carboxylic acids is 3. The summed E-state index contributed by atoms with van der Waals surface area (Å²) >= 11 is 0. The van der Waals surface area contributed by atoms with Gasteiger partial charge in [-0.2, -0.15) is 0 Å². The summed E-state index contributed by atoms with van der Waals surface area (Å²) in [6.07, 6.45) is 5.36. The van der Waals surface area contributed by atoms with Crippen LogP contribution in [0.4, 0.5) is 9.59 Å². The number of rotatable bonds is 6. The van der Waals surface area contributed by atoms with Gasteiger partial charge >= 0.3 is 18.2 Å². The van der Waals surface area contributed by atoms with Crippen LogP contribution in [0, 0.1) is 11.8 Å². The lowest BCUT2D eigenvalue weighted by Crippen LogP contribution is -2.50. The van der Waals surface area contributed by atoms with Crippen molar-refractivity contribution >= 4 is 18.2 Å². The molecule has 0 radical (unpaired) electrons. The molecule has 3 rings (SSSR count). The number of amides is 2. The number of β-amino-alcohol motifs (C(OH)–C–C–N with tert-alkyl or cyclic N) is 1. The normalized spacial score (nSPS) is 32.9. The Balaban J connectivity index is 1.70. The highest BCUT2D eigenvalue weighted by atomic mass is 16.6. The van der Waals surface area contributed by atoms with Crippen LogP contribution in [-0.4, -0.2) is 131 Å². The van der Waals surface area contributed by atoms with Crippen molar-refractivity contribution in [2.75, 3.05) is 52.9 Å². The van der Waals surface area contributed by atoms with Crippen LogP contribution in [0.5, 0.6) is 0 Å². The van der Waals surface area contributed by atoms with E-state index in [1.807, 2.05) is 46.0 Å². The van der Waals surface area contributed by atoms with Gasteiger partial charge in [0.25, 0.3) is 0 Å². The van der Waals surface area contributed by atoms with E-state index in [0.717, 1.165) is 18.7 Å². The molecule has 0 aromatic heterocycles. The van der Waals surface area contributed by atoms with Crippen molar-refractivity contribution in [3.63, 3.8) is 0 Å². The summed E-state index contributed by atoms with van der Waals surface area (Å²) in [7, 11) is 1.99. The van der Waals surface area contributed by atoms with Gasteiger partial charge in [-0.15, -0.1) is 0 Å². The summed E-state index contributed by atoms with van der Waals surface area (Å²) in [6, 6.07) is 0. The maximum atomic E-state index is 13.0. The molecular formula is C32H51N3O9. The summed E-state index contributed by atoms with van der Waals surface area (Å²) in [5.74, 6) is -0.986. The molecule has 0 bridgehead atoms. The molecule has 12 heteroatoms. The molecule has 0 aromatic rings. The first-order valence-corrected chi connectivity index (χ1v) is 15.6. The number of aliphatic hydroxyl groups is 3. The lowest BCUT2D eigenvalue weighted by molar-refractivity contribution is -0.151. The molecule has 3 aliphatic rings. The van der Waals surface area contributed by atoms with Gasteiger partial charge in [0.1, 0.15) is 11.7 Å². The number of likely N-dealkylation sites (tertiary alicyclic amines) is 1. The SMILES string of the molecule is C/C(=C\C=C\[C@@H](C)COC(=O)N1CC[C@@H](O)C1)[C@H]1OC(=O)C[C@H](O)CC[C@@](C)(O)[C@@H](OC(=O)N2CCN(C)CC2)/C=C\[C@@H]1C. The molecular weight excluding hydrogens is 570 g/mol. The van der Waals surface area contributed by atoms with E-state index in [0.29, 0.717) is 26.1 Å². The Bertz CT molecular complexity index is 1070. The second kappa shape index (κ2) is 16.4. The number of carbonyl (C=O) groups is 3. The molecule has 0 spiro atoms. The van der Waals surface area contributed by atoms with Crippen molar-refractivity contribution in [1.29, 1.82) is 0 Å². The molecule has 0 unspecified atom stereocenters. The second-order valence-corrected chi connectivity index (χ2v) is 12.7. The van der Waals surface area contributed by atoms with Gasteiger partial charge in [-0.1, -0.05) is 38.2 Å². The maximum Gasteiger partial charge on any atom is 0.410 e. The summed E-state index contributed by atoms with van der Waals surface area (Å²) in [4.78, 5) is 43.2. The molecule has 0 aromatic carbocycles. The molecule has 248 valence electrons. The number of piperazine rings is 1. The van der Waals surface area contributed by atoms with Gasteiger partial charge in [-0.05, 0) is 51.8 Å². The van der Waals surface area contributed by atoms with E-state index in [1.54, 1.807) is 24.0 Å². The standard InChI is InChI=1S/C32H51N3O9/c1-22(21-42-30(39)35-14-12-26(37)20-35)7-6-8-23(2)29-24(3)9-10-27(43-31(40)34-17-15-33(5)16-18-34)32(4,41)13-11-25(36)19-28(38)44-29/h6-10,22,24-27,29,36-37,41H,11-21H2,1-5H3/b7-6+,10-9-,23-8+/t22-,24+,25-,26-,27+,29-,32-/m1/s1. The molecule has 44 heavy (non-hydrogen) atoms. The topological polar surface area (TPSA) is 149 Å². The molecule has 7 atom stereocenters. The van der Waals surface area contributed by atoms with Crippen LogP contribution in [0.2, 0.25) is 0 Å². The first-order valence-electron chi connectivity index (χ1n) is 15.6. The third-order valence-electron chi connectivity index (χ3n) is 8.45. The Labute approximate surface area is 260 Å². The average Bonchev–Trinajstić information content (AvgIpc) is 3.41. The van der Waals surface area contributed by atoms with Crippen molar-refractivity contribution in [3.05, 3.63) is 36.0 Å². The number of hydrogen-bond donors (Lipinski definition) is 3. The number of esters is 1. The Morgan fingerprint density at radius 2 is 1.80 bits per heavy atom. The van der Waals surface area contributed by atoms with Crippen LogP contribution in [0.15, 0.2) is 36.0 Å². The zero-order valence-electron chi connectivity index (χ0n) is 26.8. The van der Waals surface area contributed by atoms with Gasteiger partial charge in [-0.3, -0.25) is 4.79 Å². The quantitative estimate of drug-likeness (QED) is 0.175. The zero-order chi connectivity index (χ0) is 32.4. The smallest absolute Gasteiger partial charge is 0.410 e. The Kier molecular flexibility index (Phi) is 13.2. The van der Waals surface area contributed by atoms with Crippen LogP contribution in [0.3, 0.4) is 0 Å². The summed E-state index contributed by atoms with van der Waals surface area (Å²) in [6.45, 7) is 10.6. The van der Waals surface area contributed by atoms with Gasteiger partial charge in [0.05, 0.1) is 25.2 Å². The molecule has 12 nitrogen and oxygen atoms in total. The Hall–Kier alpha value is -2.93. The van der Waals surface area contributed by atoms with Crippen molar-refractivity contribution in [2.24, 2.45) is 11.8 Å². The molecule has 2 saturated heterocycles. The van der Waals surface area contributed by atoms with E-state index in [2.05, 4.69) is 4.90 Å². The monoisotopic (exact) mass is 621 g/mol. The van der Waals surface area contributed by atoms with Gasteiger partial charge in [0.2, 0.25) is 0 Å². The molecule has 3 aliphatic heterocycles. The number of aliphatic hydroxyl groups excluding tert-OH is 2. The fraction of sp³-hybridized carbons (Fsp3) is 0.719. The summed E-state index contributed by atoms with van der Waals surface area (Å²) in [5.41, 5.74) is -0.730. The van der Waals surface area contributed by atoms with Crippen LogP contribution < -0.4 is 0 Å². The van der Waals surface area contributed by atoms with Crippen molar-refractivity contribution in [1.82, 2.24) is 14.7 Å². The number of likely N-dealkylation sites (N-methyl/N-ethyl adjacent to an activating group) is 1. The third-order valence-corrected chi connectivity index (χ3v) is 8.45. The van der Waals surface area contributed by atoms with Crippen molar-refractivity contribution in [3.8, 4) is 0 Å². The van der Waals surface area contributed by atoms with Gasteiger partial charge in [0.15, 0.2) is 6.10 Å². The number of hydrogen-bond acceptors (Lipinski definition) is 10. The number of allylic oxidation sites excluding steroid dienone is 2. The molecule has 3 N–H and O–H groups in total. The van der Waals surface area contributed by atoms with E-state index in [-0.39, 0.29) is 44.2 Å². The zero-order valence-corrected chi connectivity index (χ0v) is 26.8. The van der Waals surface area contributed by atoms with Crippen LogP contribution in [0.25, 0.3) is 0 Å². The van der Waals surface area contributed by atoms with E-state index in [1.165, 1.54) is 4.90 Å². The average molecular weight is 622 g/mol. The van der Waals surface area contributed by atoms with E-state index in [4.69, 9.17) is 14.2 Å². The van der Waals surface area contributed by atoms with Gasteiger partial charge in [0, 0.05) is 51.1 Å². The van der Waals surface area contributed by atoms with Crippen LogP contribution >= 0.6 is 0 Å². The highest BCUT2D eigenvalue weighted by molar-refractivity contribution is 5.70. The summed E-state index contributed by atoms with van der Waals surface area (Å²) in [5, 5.41) is 31.5. The fourth-order valence-electron chi connectivity index (χ4n) is 5.37. The lowest BCUT2D eigenvalue weighted by Gasteiger charge is -2.36. The van der Waals surface area contributed by atoms with E-state index < -0.39 is 48.2 Å². The minimum absolute atomic E-state index is 0.0835. The third kappa shape index (κ3) is 10.9. The fourth-order valence-corrected chi connectivity index (χ4v) is 5.37. The van der Waals surface area contributed by atoms with E-state index in [9.17, 15) is 29.7 Å². The molecule has 2 amide bonds. The van der Waals surface area contributed by atoms with Crippen molar-refractivity contribution < 1.29 is 43.9 Å². The van der Waals surface area contributed by atoms with Gasteiger partial charge in [-0.25, -0.2) is 9.59 Å². The highest BCUT2D eigenvalue weighted by Crippen LogP contribution is 2.27. The molecule has 0 aliphatic carbocycles. The Morgan fingerprint density at radius 3 is 2.45 bits per heavy atom. The van der Waals surface area contributed by atoms with E-state index >= 15 is 0 Å². The first kappa shape index (κ1) is 35.5. The van der Waals surface area contributed by atoms with Crippen molar-refractivity contribution in [2.45, 2.75) is 83.4 Å². The maximum absolute atomic E-state index is 13.0. The second-order valence-electron chi connectivity index (χ2n) is 12.7. The van der Waals surface area contributed by atoms with Crippen LogP contribution in [-0.2, 0) is 19.0 Å². The van der Waals surface area contributed by atoms with Crippen LogP contribution in [0.1, 0.15) is 53.4 Å². The Morgan fingerprint density at radius 1 is 1.09 bits per heavy atom. The largest absolute Gasteiger partial charge is 0.457 e. The number of cyclic esters (lactones) is 1. The predicted molar refractivity (Wildman–Crippen MR) is 164 cm³/mol. The number of ether oxygens (including phenoxy) is 3. The molecule has 2 fully saturated rings. The minimum Gasteiger partial charge on any atom is -0.457 e. The van der Waals surface area contributed by atoms with Gasteiger partial charge < -0.3 is 44.2 Å². The molecule has 3 heterocycles. The first-order chi connectivity index (χ1) is 20.7. The lowest BCUT2D eigenvalue weighted by atomic mass is 9.89. The molecule has 0 saturated carbocycles. The summed E-state index contributed by atoms with van der Waals surface area (Å²) < 4.78 is 17.0. The highest BCUT2D eigenvalue weighted by Gasteiger charge is 2.37. The number of nitrogens with zero attached hydrogens (tertiary/aromatic N) is 3. The minimum atomic E-state index is -1.47.